The number of hydrogen-bond acceptors (Lipinski definition) is 2. The summed E-state index contributed by atoms with van der Waals surface area (Å²) in [5.74, 6) is -0.921. The highest BCUT2D eigenvalue weighted by molar-refractivity contribution is 5.80. The fourth-order valence-electron chi connectivity index (χ4n) is 0.641. The SMILES string of the molecule is CC(=CC(=O)O)CCCO. The van der Waals surface area contributed by atoms with Crippen molar-refractivity contribution in [2.24, 2.45) is 0 Å². The smallest absolute Gasteiger partial charge is 0.328 e. The molecule has 0 bridgehead atoms. The van der Waals surface area contributed by atoms with Gasteiger partial charge in [-0.05, 0) is 19.8 Å². The fraction of sp³-hybridized carbons (Fsp3) is 0.571. The Morgan fingerprint density at radius 2 is 2.20 bits per heavy atom. The Hall–Kier alpha value is -0.830. The zero-order valence-electron chi connectivity index (χ0n) is 6.00. The Morgan fingerprint density at radius 3 is 2.60 bits per heavy atom. The summed E-state index contributed by atoms with van der Waals surface area (Å²) < 4.78 is 0. The van der Waals surface area contributed by atoms with Crippen molar-refractivity contribution in [2.75, 3.05) is 6.61 Å². The molecule has 0 amide bonds. The molecule has 0 saturated heterocycles. The fourth-order valence-corrected chi connectivity index (χ4v) is 0.641. The molecule has 3 heteroatoms. The molecule has 0 fully saturated rings. The summed E-state index contributed by atoms with van der Waals surface area (Å²) in [5.41, 5.74) is 0.793. The molecule has 0 spiro atoms. The number of rotatable bonds is 4. The summed E-state index contributed by atoms with van der Waals surface area (Å²) in [6.07, 6.45) is 2.45. The first kappa shape index (κ1) is 9.17. The molecular formula is C7H12O3. The molecule has 0 heterocycles. The van der Waals surface area contributed by atoms with Crippen LogP contribution in [0.1, 0.15) is 19.8 Å². The molecule has 0 saturated carbocycles. The Balaban J connectivity index is 3.60. The highest BCUT2D eigenvalue weighted by Gasteiger charge is 1.92. The van der Waals surface area contributed by atoms with Gasteiger partial charge in [-0.25, -0.2) is 4.79 Å². The summed E-state index contributed by atoms with van der Waals surface area (Å²) in [6.45, 7) is 1.86. The van der Waals surface area contributed by atoms with E-state index in [0.29, 0.717) is 12.8 Å². The number of aliphatic hydroxyl groups is 1. The maximum atomic E-state index is 10.0. The van der Waals surface area contributed by atoms with Gasteiger partial charge < -0.3 is 10.2 Å². The van der Waals surface area contributed by atoms with E-state index < -0.39 is 5.97 Å². The third kappa shape index (κ3) is 5.31. The predicted molar refractivity (Wildman–Crippen MR) is 37.7 cm³/mol. The summed E-state index contributed by atoms with van der Waals surface area (Å²) in [5, 5.41) is 16.6. The number of carbonyl (C=O) groups is 1. The van der Waals surface area contributed by atoms with E-state index in [4.69, 9.17) is 10.2 Å². The molecule has 0 aromatic carbocycles. The van der Waals surface area contributed by atoms with Crippen molar-refractivity contribution < 1.29 is 15.0 Å². The molecule has 58 valence electrons. The first-order valence-electron chi connectivity index (χ1n) is 3.17. The molecule has 0 aliphatic carbocycles. The van der Waals surface area contributed by atoms with Gasteiger partial charge in [0.05, 0.1) is 0 Å². The minimum atomic E-state index is -0.921. The molecule has 0 unspecified atom stereocenters. The normalized spacial score (nSPS) is 11.6. The minimum Gasteiger partial charge on any atom is -0.478 e. The van der Waals surface area contributed by atoms with Gasteiger partial charge in [0.1, 0.15) is 0 Å². The first-order valence-corrected chi connectivity index (χ1v) is 3.17. The van der Waals surface area contributed by atoms with Crippen molar-refractivity contribution in [2.45, 2.75) is 19.8 Å². The second kappa shape index (κ2) is 4.99. The predicted octanol–water partition coefficient (Wildman–Crippen LogP) is 0.790. The topological polar surface area (TPSA) is 57.5 Å². The van der Waals surface area contributed by atoms with E-state index in [1.165, 1.54) is 0 Å². The number of carboxylic acid groups (broad SMARTS) is 1. The lowest BCUT2D eigenvalue weighted by molar-refractivity contribution is -0.131. The van der Waals surface area contributed by atoms with Crippen LogP contribution in [0, 0.1) is 0 Å². The highest BCUT2D eigenvalue weighted by Crippen LogP contribution is 2.01. The van der Waals surface area contributed by atoms with Crippen LogP contribution in [0.5, 0.6) is 0 Å². The molecular weight excluding hydrogens is 132 g/mol. The molecule has 3 nitrogen and oxygen atoms in total. The van der Waals surface area contributed by atoms with Crippen molar-refractivity contribution in [1.29, 1.82) is 0 Å². The minimum absolute atomic E-state index is 0.116. The number of carboxylic acids is 1. The van der Waals surface area contributed by atoms with Crippen LogP contribution in [0.25, 0.3) is 0 Å². The zero-order chi connectivity index (χ0) is 7.98. The lowest BCUT2D eigenvalue weighted by Gasteiger charge is -1.95. The molecule has 0 aliphatic heterocycles. The number of aliphatic carboxylic acids is 1. The van der Waals surface area contributed by atoms with Gasteiger partial charge in [-0.1, -0.05) is 5.57 Å². The lowest BCUT2D eigenvalue weighted by atomic mass is 10.1. The van der Waals surface area contributed by atoms with Gasteiger partial charge in [0.25, 0.3) is 0 Å². The number of allylic oxidation sites excluding steroid dienone is 1. The molecule has 0 atom stereocenters. The van der Waals surface area contributed by atoms with Crippen molar-refractivity contribution in [3.8, 4) is 0 Å². The monoisotopic (exact) mass is 144 g/mol. The lowest BCUT2D eigenvalue weighted by Crippen LogP contribution is -1.91. The molecule has 0 aromatic heterocycles. The standard InChI is InChI=1S/C7H12O3/c1-6(3-2-4-8)5-7(9)10/h5,8H,2-4H2,1H3,(H,9,10). The maximum Gasteiger partial charge on any atom is 0.328 e. The van der Waals surface area contributed by atoms with E-state index in [1.807, 2.05) is 0 Å². The van der Waals surface area contributed by atoms with Crippen LogP contribution in [-0.2, 0) is 4.79 Å². The van der Waals surface area contributed by atoms with E-state index >= 15 is 0 Å². The van der Waals surface area contributed by atoms with Gasteiger partial charge in [0, 0.05) is 12.7 Å². The van der Waals surface area contributed by atoms with Crippen LogP contribution < -0.4 is 0 Å². The van der Waals surface area contributed by atoms with Crippen molar-refractivity contribution in [1.82, 2.24) is 0 Å². The van der Waals surface area contributed by atoms with Crippen LogP contribution in [0.3, 0.4) is 0 Å². The van der Waals surface area contributed by atoms with Crippen LogP contribution in [0.15, 0.2) is 11.6 Å². The third-order valence-corrected chi connectivity index (χ3v) is 1.10. The summed E-state index contributed by atoms with van der Waals surface area (Å²) in [6, 6.07) is 0. The average molecular weight is 144 g/mol. The molecule has 10 heavy (non-hydrogen) atoms. The second-order valence-corrected chi connectivity index (χ2v) is 2.16. The highest BCUT2D eigenvalue weighted by atomic mass is 16.4. The zero-order valence-corrected chi connectivity index (χ0v) is 6.00. The van der Waals surface area contributed by atoms with E-state index in [-0.39, 0.29) is 6.61 Å². The van der Waals surface area contributed by atoms with Crippen molar-refractivity contribution in [3.63, 3.8) is 0 Å². The quantitative estimate of drug-likeness (QED) is 0.573. The van der Waals surface area contributed by atoms with E-state index in [2.05, 4.69) is 0 Å². The molecule has 0 radical (unpaired) electrons. The summed E-state index contributed by atoms with van der Waals surface area (Å²) in [7, 11) is 0. The van der Waals surface area contributed by atoms with Crippen molar-refractivity contribution >= 4 is 5.97 Å². The first-order chi connectivity index (χ1) is 4.66. The van der Waals surface area contributed by atoms with E-state index in [0.717, 1.165) is 11.6 Å². The van der Waals surface area contributed by atoms with Crippen molar-refractivity contribution in [3.05, 3.63) is 11.6 Å². The molecule has 0 rings (SSSR count). The number of hydrogen-bond donors (Lipinski definition) is 2. The van der Waals surface area contributed by atoms with Crippen LogP contribution in [-0.4, -0.2) is 22.8 Å². The van der Waals surface area contributed by atoms with Gasteiger partial charge in [0.15, 0.2) is 0 Å². The Labute approximate surface area is 60.0 Å². The Morgan fingerprint density at radius 1 is 1.60 bits per heavy atom. The van der Waals surface area contributed by atoms with Gasteiger partial charge in [0.2, 0.25) is 0 Å². The van der Waals surface area contributed by atoms with Gasteiger partial charge in [-0.2, -0.15) is 0 Å². The summed E-state index contributed by atoms with van der Waals surface area (Å²) in [4.78, 5) is 10.0. The van der Waals surface area contributed by atoms with E-state index in [1.54, 1.807) is 6.92 Å². The molecule has 2 N–H and O–H groups in total. The van der Waals surface area contributed by atoms with Crippen LogP contribution >= 0.6 is 0 Å². The number of aliphatic hydroxyl groups excluding tert-OH is 1. The largest absolute Gasteiger partial charge is 0.478 e. The van der Waals surface area contributed by atoms with Crippen LogP contribution in [0.2, 0.25) is 0 Å². The van der Waals surface area contributed by atoms with Gasteiger partial charge in [-0.3, -0.25) is 0 Å². The summed E-state index contributed by atoms with van der Waals surface area (Å²) >= 11 is 0. The second-order valence-electron chi connectivity index (χ2n) is 2.16. The molecule has 0 aliphatic rings. The maximum absolute atomic E-state index is 10.0. The Bertz CT molecular complexity index is 138. The van der Waals surface area contributed by atoms with E-state index in [9.17, 15) is 4.79 Å². The van der Waals surface area contributed by atoms with Crippen LogP contribution in [0.4, 0.5) is 0 Å². The molecule has 0 aromatic rings. The third-order valence-electron chi connectivity index (χ3n) is 1.10. The average Bonchev–Trinajstić information content (AvgIpc) is 1.82. The van der Waals surface area contributed by atoms with Gasteiger partial charge >= 0.3 is 5.97 Å². The van der Waals surface area contributed by atoms with Gasteiger partial charge in [-0.15, -0.1) is 0 Å². The Kier molecular flexibility index (Phi) is 4.58.